The van der Waals surface area contributed by atoms with Crippen molar-refractivity contribution in [2.45, 2.75) is 20.0 Å². The summed E-state index contributed by atoms with van der Waals surface area (Å²) in [6, 6.07) is 10.4. The van der Waals surface area contributed by atoms with Gasteiger partial charge in [-0.2, -0.15) is 0 Å². The quantitative estimate of drug-likeness (QED) is 0.671. The third-order valence-electron chi connectivity index (χ3n) is 5.00. The van der Waals surface area contributed by atoms with E-state index in [9.17, 15) is 0 Å². The Bertz CT molecular complexity index is 818. The molecule has 1 aliphatic rings. The standard InChI is InChI=1S/C20H25N5S/c1-17-21-7-8-25(17)14-13-23-9-11-24(12-10-23)15-19-16-26-20(22-19)18-5-3-2-4-6-18/h2-8,16H,9-15H2,1H3. The van der Waals surface area contributed by atoms with Gasteiger partial charge in [0.25, 0.3) is 0 Å². The lowest BCUT2D eigenvalue weighted by Crippen LogP contribution is -2.46. The number of hydrogen-bond acceptors (Lipinski definition) is 5. The van der Waals surface area contributed by atoms with Crippen molar-refractivity contribution in [2.24, 2.45) is 0 Å². The fraction of sp³-hybridized carbons (Fsp3) is 0.400. The third kappa shape index (κ3) is 4.20. The van der Waals surface area contributed by atoms with Crippen molar-refractivity contribution in [3.8, 4) is 10.6 Å². The van der Waals surface area contributed by atoms with Gasteiger partial charge in [0.1, 0.15) is 10.8 Å². The molecule has 0 amide bonds. The SMILES string of the molecule is Cc1nccn1CCN1CCN(Cc2csc(-c3ccccc3)n2)CC1. The average Bonchev–Trinajstić information content (AvgIpc) is 3.31. The molecule has 0 unspecified atom stereocenters. The van der Waals surface area contributed by atoms with Gasteiger partial charge in [0.2, 0.25) is 0 Å². The zero-order chi connectivity index (χ0) is 17.8. The number of aryl methyl sites for hydroxylation is 1. The van der Waals surface area contributed by atoms with Gasteiger partial charge in [0.05, 0.1) is 5.69 Å². The monoisotopic (exact) mass is 367 g/mol. The summed E-state index contributed by atoms with van der Waals surface area (Å²) in [6.45, 7) is 9.63. The molecule has 1 saturated heterocycles. The van der Waals surface area contributed by atoms with E-state index in [4.69, 9.17) is 4.98 Å². The van der Waals surface area contributed by atoms with E-state index in [2.05, 4.69) is 62.1 Å². The lowest BCUT2D eigenvalue weighted by atomic mass is 10.2. The minimum Gasteiger partial charge on any atom is -0.334 e. The van der Waals surface area contributed by atoms with Crippen LogP contribution in [-0.4, -0.2) is 57.1 Å². The summed E-state index contributed by atoms with van der Waals surface area (Å²) in [5.74, 6) is 1.10. The van der Waals surface area contributed by atoms with E-state index < -0.39 is 0 Å². The van der Waals surface area contributed by atoms with Crippen molar-refractivity contribution in [3.05, 3.63) is 59.6 Å². The highest BCUT2D eigenvalue weighted by Crippen LogP contribution is 2.24. The fourth-order valence-corrected chi connectivity index (χ4v) is 4.20. The molecule has 136 valence electrons. The van der Waals surface area contributed by atoms with E-state index in [-0.39, 0.29) is 0 Å². The largest absolute Gasteiger partial charge is 0.334 e. The van der Waals surface area contributed by atoms with Crippen LogP contribution in [0.1, 0.15) is 11.5 Å². The molecule has 0 atom stereocenters. The summed E-state index contributed by atoms with van der Waals surface area (Å²) in [7, 11) is 0. The molecule has 0 aliphatic carbocycles. The van der Waals surface area contributed by atoms with Gasteiger partial charge in [0, 0.05) is 69.2 Å². The number of nitrogens with zero attached hydrogens (tertiary/aromatic N) is 5. The van der Waals surface area contributed by atoms with Gasteiger partial charge >= 0.3 is 0 Å². The molecule has 0 N–H and O–H groups in total. The van der Waals surface area contributed by atoms with Crippen LogP contribution >= 0.6 is 11.3 Å². The molecule has 2 aromatic heterocycles. The van der Waals surface area contributed by atoms with E-state index >= 15 is 0 Å². The van der Waals surface area contributed by atoms with Gasteiger partial charge in [-0.15, -0.1) is 11.3 Å². The Kier molecular flexibility index (Phi) is 5.43. The van der Waals surface area contributed by atoms with Crippen LogP contribution in [0.3, 0.4) is 0 Å². The first kappa shape index (κ1) is 17.4. The minimum atomic E-state index is 0.956. The molecule has 0 bridgehead atoms. The predicted octanol–water partition coefficient (Wildman–Crippen LogP) is 3.13. The van der Waals surface area contributed by atoms with E-state index in [1.807, 2.05) is 12.3 Å². The second kappa shape index (κ2) is 8.12. The van der Waals surface area contributed by atoms with Crippen molar-refractivity contribution in [2.75, 3.05) is 32.7 Å². The highest BCUT2D eigenvalue weighted by atomic mass is 32.1. The normalized spacial score (nSPS) is 16.2. The molecule has 5 nitrogen and oxygen atoms in total. The summed E-state index contributed by atoms with van der Waals surface area (Å²) in [5, 5.41) is 3.33. The number of thiazole rings is 1. The summed E-state index contributed by atoms with van der Waals surface area (Å²) in [6.07, 6.45) is 3.95. The second-order valence-electron chi connectivity index (χ2n) is 6.80. The Morgan fingerprint density at radius 3 is 2.50 bits per heavy atom. The Hall–Kier alpha value is -2.02. The molecule has 3 heterocycles. The highest BCUT2D eigenvalue weighted by molar-refractivity contribution is 7.13. The van der Waals surface area contributed by atoms with Crippen molar-refractivity contribution >= 4 is 11.3 Å². The lowest BCUT2D eigenvalue weighted by molar-refractivity contribution is 0.123. The summed E-state index contributed by atoms with van der Waals surface area (Å²) >= 11 is 1.74. The first-order valence-electron chi connectivity index (χ1n) is 9.20. The third-order valence-corrected chi connectivity index (χ3v) is 5.94. The first-order chi connectivity index (χ1) is 12.8. The van der Waals surface area contributed by atoms with E-state index in [0.29, 0.717) is 0 Å². The van der Waals surface area contributed by atoms with E-state index in [1.165, 1.54) is 11.3 Å². The molecular formula is C20H25N5S. The first-order valence-corrected chi connectivity index (χ1v) is 10.1. The zero-order valence-corrected chi connectivity index (χ0v) is 16.0. The Morgan fingerprint density at radius 1 is 1.00 bits per heavy atom. The maximum absolute atomic E-state index is 4.83. The van der Waals surface area contributed by atoms with Crippen LogP contribution in [0.15, 0.2) is 48.1 Å². The lowest BCUT2D eigenvalue weighted by Gasteiger charge is -2.34. The van der Waals surface area contributed by atoms with Gasteiger partial charge in [-0.1, -0.05) is 30.3 Å². The van der Waals surface area contributed by atoms with Gasteiger partial charge in [-0.25, -0.2) is 9.97 Å². The van der Waals surface area contributed by atoms with Gasteiger partial charge in [-0.05, 0) is 6.92 Å². The number of imidazole rings is 1. The topological polar surface area (TPSA) is 37.2 Å². The maximum atomic E-state index is 4.83. The molecule has 1 aromatic carbocycles. The van der Waals surface area contributed by atoms with Gasteiger partial charge < -0.3 is 4.57 Å². The van der Waals surface area contributed by atoms with Crippen LogP contribution in [0.4, 0.5) is 0 Å². The molecular weight excluding hydrogens is 342 g/mol. The smallest absolute Gasteiger partial charge is 0.123 e. The maximum Gasteiger partial charge on any atom is 0.123 e. The Balaban J connectivity index is 1.25. The van der Waals surface area contributed by atoms with Crippen LogP contribution in [0.5, 0.6) is 0 Å². The highest BCUT2D eigenvalue weighted by Gasteiger charge is 2.18. The Morgan fingerprint density at radius 2 is 1.77 bits per heavy atom. The van der Waals surface area contributed by atoms with Crippen LogP contribution in [-0.2, 0) is 13.1 Å². The molecule has 0 radical (unpaired) electrons. The van der Waals surface area contributed by atoms with Crippen molar-refractivity contribution in [1.82, 2.24) is 24.3 Å². The predicted molar refractivity (Wildman–Crippen MR) is 106 cm³/mol. The minimum absolute atomic E-state index is 0.956. The van der Waals surface area contributed by atoms with Crippen LogP contribution in [0, 0.1) is 6.92 Å². The summed E-state index contributed by atoms with van der Waals surface area (Å²) in [4.78, 5) is 14.2. The summed E-state index contributed by atoms with van der Waals surface area (Å²) in [5.41, 5.74) is 2.40. The van der Waals surface area contributed by atoms with Crippen LogP contribution in [0.25, 0.3) is 10.6 Å². The number of benzene rings is 1. The molecule has 26 heavy (non-hydrogen) atoms. The molecule has 1 fully saturated rings. The molecule has 1 aliphatic heterocycles. The number of aromatic nitrogens is 3. The van der Waals surface area contributed by atoms with Crippen LogP contribution < -0.4 is 0 Å². The molecule has 4 rings (SSSR count). The number of hydrogen-bond donors (Lipinski definition) is 0. The molecule has 6 heteroatoms. The van der Waals surface area contributed by atoms with Gasteiger partial charge in [-0.3, -0.25) is 9.80 Å². The van der Waals surface area contributed by atoms with Crippen molar-refractivity contribution in [1.29, 1.82) is 0 Å². The average molecular weight is 368 g/mol. The zero-order valence-electron chi connectivity index (χ0n) is 15.2. The number of piperazine rings is 1. The number of rotatable bonds is 6. The van der Waals surface area contributed by atoms with Crippen molar-refractivity contribution in [3.63, 3.8) is 0 Å². The fourth-order valence-electron chi connectivity index (χ4n) is 3.38. The van der Waals surface area contributed by atoms with Crippen LogP contribution in [0.2, 0.25) is 0 Å². The second-order valence-corrected chi connectivity index (χ2v) is 7.65. The van der Waals surface area contributed by atoms with E-state index in [1.54, 1.807) is 11.3 Å². The van der Waals surface area contributed by atoms with E-state index in [0.717, 1.165) is 56.6 Å². The van der Waals surface area contributed by atoms with Crippen molar-refractivity contribution < 1.29 is 0 Å². The Labute approximate surface area is 158 Å². The molecule has 0 spiro atoms. The van der Waals surface area contributed by atoms with Gasteiger partial charge in [0.15, 0.2) is 0 Å². The summed E-state index contributed by atoms with van der Waals surface area (Å²) < 4.78 is 2.23. The molecule has 0 saturated carbocycles. The molecule has 3 aromatic rings.